The van der Waals surface area contributed by atoms with Crippen LogP contribution in [-0.2, 0) is 22.5 Å². The Kier molecular flexibility index (Phi) is 8.72. The molecule has 1 aliphatic carbocycles. The second-order valence-electron chi connectivity index (χ2n) is 9.14. The standard InChI is InChI=1S/C27H37N3O3/c1-2-33-25-9-10-26(23(17-25)20-30-13-15-32-16-14-30)22-7-8-24(29-19-22)18-27(31)28-12-11-21-5-3-4-6-21/h7-10,17,19,21H,2-6,11-16,18,20H2,1H3,(H,28,31). The van der Waals surface area contributed by atoms with Crippen molar-refractivity contribution in [3.05, 3.63) is 47.8 Å². The van der Waals surface area contributed by atoms with Crippen molar-refractivity contribution in [2.45, 2.75) is 52.0 Å². The van der Waals surface area contributed by atoms with Crippen LogP contribution in [0.25, 0.3) is 11.1 Å². The third-order valence-electron chi connectivity index (χ3n) is 6.71. The zero-order valence-corrected chi connectivity index (χ0v) is 19.9. The minimum Gasteiger partial charge on any atom is -0.494 e. The highest BCUT2D eigenvalue weighted by atomic mass is 16.5. The first kappa shape index (κ1) is 23.7. The molecule has 1 aliphatic heterocycles. The van der Waals surface area contributed by atoms with Gasteiger partial charge in [-0.05, 0) is 48.6 Å². The molecule has 33 heavy (non-hydrogen) atoms. The van der Waals surface area contributed by atoms with E-state index in [1.165, 1.54) is 31.2 Å². The van der Waals surface area contributed by atoms with Crippen molar-refractivity contribution in [3.63, 3.8) is 0 Å². The maximum Gasteiger partial charge on any atom is 0.226 e. The minimum atomic E-state index is 0.0577. The molecular weight excluding hydrogens is 414 g/mol. The van der Waals surface area contributed by atoms with Crippen molar-refractivity contribution in [3.8, 4) is 16.9 Å². The maximum atomic E-state index is 12.3. The highest BCUT2D eigenvalue weighted by molar-refractivity contribution is 5.78. The fourth-order valence-electron chi connectivity index (χ4n) is 4.87. The molecule has 1 amide bonds. The monoisotopic (exact) mass is 451 g/mol. The van der Waals surface area contributed by atoms with Crippen molar-refractivity contribution in [1.82, 2.24) is 15.2 Å². The molecule has 1 saturated heterocycles. The van der Waals surface area contributed by atoms with Crippen LogP contribution >= 0.6 is 0 Å². The van der Waals surface area contributed by atoms with Crippen LogP contribution in [0.4, 0.5) is 0 Å². The molecule has 0 radical (unpaired) electrons. The van der Waals surface area contributed by atoms with E-state index >= 15 is 0 Å². The van der Waals surface area contributed by atoms with Gasteiger partial charge in [-0.2, -0.15) is 0 Å². The van der Waals surface area contributed by atoms with Gasteiger partial charge in [-0.1, -0.05) is 37.8 Å². The molecule has 6 heteroatoms. The summed E-state index contributed by atoms with van der Waals surface area (Å²) >= 11 is 0. The van der Waals surface area contributed by atoms with E-state index in [-0.39, 0.29) is 5.91 Å². The van der Waals surface area contributed by atoms with E-state index in [4.69, 9.17) is 9.47 Å². The highest BCUT2D eigenvalue weighted by Gasteiger charge is 2.16. The first-order valence-corrected chi connectivity index (χ1v) is 12.5. The molecule has 4 rings (SSSR count). The van der Waals surface area contributed by atoms with Gasteiger partial charge in [0.1, 0.15) is 5.75 Å². The minimum absolute atomic E-state index is 0.0577. The fraction of sp³-hybridized carbons (Fsp3) is 0.556. The lowest BCUT2D eigenvalue weighted by molar-refractivity contribution is -0.120. The van der Waals surface area contributed by atoms with E-state index in [2.05, 4.69) is 33.4 Å². The number of ether oxygens (including phenoxy) is 2. The number of hydrogen-bond donors (Lipinski definition) is 1. The molecule has 0 unspecified atom stereocenters. The summed E-state index contributed by atoms with van der Waals surface area (Å²) in [5, 5.41) is 3.07. The Morgan fingerprint density at radius 2 is 2.00 bits per heavy atom. The van der Waals surface area contributed by atoms with Crippen LogP contribution in [0.15, 0.2) is 36.5 Å². The van der Waals surface area contributed by atoms with E-state index in [0.717, 1.165) is 74.3 Å². The fourth-order valence-corrected chi connectivity index (χ4v) is 4.87. The quantitative estimate of drug-likeness (QED) is 0.586. The zero-order chi connectivity index (χ0) is 22.9. The van der Waals surface area contributed by atoms with Gasteiger partial charge in [0, 0.05) is 43.6 Å². The molecule has 2 fully saturated rings. The summed E-state index contributed by atoms with van der Waals surface area (Å²) in [6.45, 7) is 7.71. The molecule has 6 nitrogen and oxygen atoms in total. The molecule has 1 aromatic carbocycles. The predicted molar refractivity (Wildman–Crippen MR) is 130 cm³/mol. The molecule has 2 heterocycles. The molecule has 2 aromatic rings. The van der Waals surface area contributed by atoms with E-state index in [9.17, 15) is 4.79 Å². The number of nitrogens with one attached hydrogen (secondary N) is 1. The van der Waals surface area contributed by atoms with Crippen LogP contribution in [0.3, 0.4) is 0 Å². The van der Waals surface area contributed by atoms with Crippen LogP contribution in [0, 0.1) is 5.92 Å². The lowest BCUT2D eigenvalue weighted by Gasteiger charge is -2.27. The van der Waals surface area contributed by atoms with Gasteiger partial charge in [0.25, 0.3) is 0 Å². The first-order valence-electron chi connectivity index (χ1n) is 12.5. The summed E-state index contributed by atoms with van der Waals surface area (Å²) in [7, 11) is 0. The van der Waals surface area contributed by atoms with Crippen molar-refractivity contribution in [1.29, 1.82) is 0 Å². The Labute approximate surface area is 197 Å². The average molecular weight is 452 g/mol. The van der Waals surface area contributed by atoms with Crippen LogP contribution in [0.1, 0.15) is 50.3 Å². The van der Waals surface area contributed by atoms with Crippen LogP contribution in [0.2, 0.25) is 0 Å². The van der Waals surface area contributed by atoms with E-state index in [1.807, 2.05) is 25.3 Å². The summed E-state index contributed by atoms with van der Waals surface area (Å²) in [4.78, 5) is 19.3. The molecule has 0 bridgehead atoms. The van der Waals surface area contributed by atoms with Gasteiger partial charge in [-0.25, -0.2) is 0 Å². The summed E-state index contributed by atoms with van der Waals surface area (Å²) in [6, 6.07) is 10.3. The van der Waals surface area contributed by atoms with Gasteiger partial charge < -0.3 is 14.8 Å². The molecule has 2 aliphatic rings. The number of aromatic nitrogens is 1. The second kappa shape index (κ2) is 12.1. The number of rotatable bonds is 10. The number of pyridine rings is 1. The molecule has 1 saturated carbocycles. The van der Waals surface area contributed by atoms with Crippen LogP contribution in [-0.4, -0.2) is 55.2 Å². The number of carbonyl (C=O) groups is 1. The largest absolute Gasteiger partial charge is 0.494 e. The third-order valence-corrected chi connectivity index (χ3v) is 6.71. The van der Waals surface area contributed by atoms with Crippen LogP contribution in [0.5, 0.6) is 5.75 Å². The summed E-state index contributed by atoms with van der Waals surface area (Å²) in [5.74, 6) is 1.74. The molecule has 0 atom stereocenters. The van der Waals surface area contributed by atoms with E-state index < -0.39 is 0 Å². The molecule has 1 N–H and O–H groups in total. The van der Waals surface area contributed by atoms with Crippen LogP contribution < -0.4 is 10.1 Å². The Hall–Kier alpha value is -2.44. The van der Waals surface area contributed by atoms with Gasteiger partial charge in [0.05, 0.1) is 26.2 Å². The molecule has 1 aromatic heterocycles. The first-order chi connectivity index (χ1) is 16.2. The number of hydrogen-bond acceptors (Lipinski definition) is 5. The summed E-state index contributed by atoms with van der Waals surface area (Å²) < 4.78 is 11.3. The Bertz CT molecular complexity index is 888. The van der Waals surface area contributed by atoms with Gasteiger partial charge in [-0.15, -0.1) is 0 Å². The van der Waals surface area contributed by atoms with Gasteiger partial charge in [0.2, 0.25) is 5.91 Å². The third kappa shape index (κ3) is 7.02. The second-order valence-corrected chi connectivity index (χ2v) is 9.14. The Morgan fingerprint density at radius 1 is 1.18 bits per heavy atom. The van der Waals surface area contributed by atoms with Gasteiger partial charge in [0.15, 0.2) is 0 Å². The van der Waals surface area contributed by atoms with Crippen molar-refractivity contribution in [2.24, 2.45) is 5.92 Å². The summed E-state index contributed by atoms with van der Waals surface area (Å²) in [5.41, 5.74) is 4.25. The maximum absolute atomic E-state index is 12.3. The number of carbonyl (C=O) groups excluding carboxylic acids is 1. The number of morpholine rings is 1. The normalized spacial score (nSPS) is 17.2. The molecular formula is C27H37N3O3. The average Bonchev–Trinajstić information content (AvgIpc) is 3.34. The highest BCUT2D eigenvalue weighted by Crippen LogP contribution is 2.29. The Morgan fingerprint density at radius 3 is 2.73 bits per heavy atom. The number of amides is 1. The van der Waals surface area contributed by atoms with Crippen molar-refractivity contribution >= 4 is 5.91 Å². The van der Waals surface area contributed by atoms with Gasteiger partial charge >= 0.3 is 0 Å². The van der Waals surface area contributed by atoms with E-state index in [0.29, 0.717) is 13.0 Å². The summed E-state index contributed by atoms with van der Waals surface area (Å²) in [6.07, 6.45) is 8.64. The molecule has 178 valence electrons. The SMILES string of the molecule is CCOc1ccc(-c2ccc(CC(=O)NCCC3CCCC3)nc2)c(CN2CCOCC2)c1. The Balaban J connectivity index is 1.38. The van der Waals surface area contributed by atoms with Crippen molar-refractivity contribution < 1.29 is 14.3 Å². The smallest absolute Gasteiger partial charge is 0.226 e. The lowest BCUT2D eigenvalue weighted by Crippen LogP contribution is -2.35. The number of nitrogens with zero attached hydrogens (tertiary/aromatic N) is 2. The predicted octanol–water partition coefficient (Wildman–Crippen LogP) is 4.22. The zero-order valence-electron chi connectivity index (χ0n) is 19.9. The lowest BCUT2D eigenvalue weighted by atomic mass is 9.99. The molecule has 0 spiro atoms. The van der Waals surface area contributed by atoms with E-state index in [1.54, 1.807) is 0 Å². The van der Waals surface area contributed by atoms with Gasteiger partial charge in [-0.3, -0.25) is 14.7 Å². The number of benzene rings is 1. The van der Waals surface area contributed by atoms with Crippen molar-refractivity contribution in [2.75, 3.05) is 39.5 Å². The topological polar surface area (TPSA) is 63.7 Å².